The van der Waals surface area contributed by atoms with Gasteiger partial charge >= 0.3 is 0 Å². The molecule has 16 heavy (non-hydrogen) atoms. The first kappa shape index (κ1) is 10.6. The van der Waals surface area contributed by atoms with Crippen molar-refractivity contribution < 1.29 is 4.79 Å². The van der Waals surface area contributed by atoms with Crippen LogP contribution in [0.15, 0.2) is 30.7 Å². The Bertz CT molecular complexity index is 483. The zero-order valence-corrected chi connectivity index (χ0v) is 9.03. The first-order chi connectivity index (χ1) is 7.77. The number of aromatic nitrogens is 3. The first-order valence-corrected chi connectivity index (χ1v) is 5.01. The third kappa shape index (κ3) is 2.38. The Morgan fingerprint density at radius 3 is 3.00 bits per heavy atom. The normalized spacial score (nSPS) is 10.1. The third-order valence-corrected chi connectivity index (χ3v) is 2.32. The molecule has 2 aromatic rings. The van der Waals surface area contributed by atoms with Crippen molar-refractivity contribution >= 4 is 17.5 Å². The molecule has 2 rings (SSSR count). The van der Waals surface area contributed by atoms with Crippen molar-refractivity contribution in [3.8, 4) is 0 Å². The Hall–Kier alpha value is -1.88. The SMILES string of the molecule is O=C(NCc1ccn[nH]1)c1ccncc1Cl. The van der Waals surface area contributed by atoms with Crippen molar-refractivity contribution in [2.45, 2.75) is 6.54 Å². The number of hydrogen-bond acceptors (Lipinski definition) is 3. The van der Waals surface area contributed by atoms with Crippen LogP contribution in [0.3, 0.4) is 0 Å². The average molecular weight is 237 g/mol. The molecule has 0 unspecified atom stereocenters. The number of aromatic amines is 1. The maximum Gasteiger partial charge on any atom is 0.253 e. The molecule has 0 saturated carbocycles. The highest BCUT2D eigenvalue weighted by Crippen LogP contribution is 2.12. The molecule has 2 N–H and O–H groups in total. The van der Waals surface area contributed by atoms with E-state index in [4.69, 9.17) is 11.6 Å². The van der Waals surface area contributed by atoms with E-state index in [0.29, 0.717) is 17.1 Å². The van der Waals surface area contributed by atoms with Gasteiger partial charge < -0.3 is 5.32 Å². The highest BCUT2D eigenvalue weighted by Gasteiger charge is 2.09. The summed E-state index contributed by atoms with van der Waals surface area (Å²) in [6, 6.07) is 3.36. The van der Waals surface area contributed by atoms with Crippen molar-refractivity contribution in [2.24, 2.45) is 0 Å². The molecule has 0 aliphatic heterocycles. The molecule has 0 aromatic carbocycles. The van der Waals surface area contributed by atoms with Gasteiger partial charge in [-0.25, -0.2) is 0 Å². The van der Waals surface area contributed by atoms with Crippen molar-refractivity contribution in [3.63, 3.8) is 0 Å². The molecule has 2 aromatic heterocycles. The second kappa shape index (κ2) is 4.76. The highest BCUT2D eigenvalue weighted by atomic mass is 35.5. The Morgan fingerprint density at radius 2 is 2.31 bits per heavy atom. The maximum absolute atomic E-state index is 11.7. The fourth-order valence-corrected chi connectivity index (χ4v) is 1.42. The van der Waals surface area contributed by atoms with Crippen LogP contribution in [-0.2, 0) is 6.54 Å². The van der Waals surface area contributed by atoms with Gasteiger partial charge in [0.25, 0.3) is 5.91 Å². The zero-order chi connectivity index (χ0) is 11.4. The van der Waals surface area contributed by atoms with Crippen LogP contribution < -0.4 is 5.32 Å². The standard InChI is InChI=1S/C10H9ClN4O/c11-9-6-12-3-2-8(9)10(16)13-5-7-1-4-14-15-7/h1-4,6H,5H2,(H,13,16)(H,14,15). The van der Waals surface area contributed by atoms with E-state index in [9.17, 15) is 4.79 Å². The van der Waals surface area contributed by atoms with Crippen molar-refractivity contribution in [2.75, 3.05) is 0 Å². The molecule has 0 bridgehead atoms. The number of hydrogen-bond donors (Lipinski definition) is 2. The van der Waals surface area contributed by atoms with Gasteiger partial charge in [0.2, 0.25) is 0 Å². The van der Waals surface area contributed by atoms with E-state index >= 15 is 0 Å². The van der Waals surface area contributed by atoms with Crippen LogP contribution in [0.25, 0.3) is 0 Å². The van der Waals surface area contributed by atoms with E-state index in [0.717, 1.165) is 5.69 Å². The highest BCUT2D eigenvalue weighted by molar-refractivity contribution is 6.33. The molecule has 0 fully saturated rings. The number of pyridine rings is 1. The Kier molecular flexibility index (Phi) is 3.16. The van der Waals surface area contributed by atoms with Crippen LogP contribution in [-0.4, -0.2) is 21.1 Å². The first-order valence-electron chi connectivity index (χ1n) is 4.63. The number of halogens is 1. The molecule has 0 aliphatic rings. The molecule has 5 nitrogen and oxygen atoms in total. The number of carbonyl (C=O) groups excluding carboxylic acids is 1. The summed E-state index contributed by atoms with van der Waals surface area (Å²) in [4.78, 5) is 15.5. The minimum absolute atomic E-state index is 0.234. The van der Waals surface area contributed by atoms with Crippen LogP contribution >= 0.6 is 11.6 Å². The fraction of sp³-hybridized carbons (Fsp3) is 0.100. The summed E-state index contributed by atoms with van der Waals surface area (Å²) in [5, 5.41) is 9.58. The van der Waals surface area contributed by atoms with Crippen LogP contribution in [0.4, 0.5) is 0 Å². The Morgan fingerprint density at radius 1 is 1.44 bits per heavy atom. The molecule has 0 spiro atoms. The number of nitrogens with one attached hydrogen (secondary N) is 2. The minimum Gasteiger partial charge on any atom is -0.346 e. The predicted molar refractivity (Wildman–Crippen MR) is 59.0 cm³/mol. The molecule has 0 saturated heterocycles. The monoisotopic (exact) mass is 236 g/mol. The summed E-state index contributed by atoms with van der Waals surface area (Å²) >= 11 is 5.84. The quantitative estimate of drug-likeness (QED) is 0.846. The molecule has 1 amide bonds. The van der Waals surface area contributed by atoms with E-state index in [2.05, 4.69) is 20.5 Å². The average Bonchev–Trinajstić information content (AvgIpc) is 2.79. The third-order valence-electron chi connectivity index (χ3n) is 2.01. The summed E-state index contributed by atoms with van der Waals surface area (Å²) in [6.45, 7) is 0.386. The second-order valence-corrected chi connectivity index (χ2v) is 3.53. The maximum atomic E-state index is 11.7. The lowest BCUT2D eigenvalue weighted by molar-refractivity contribution is 0.0950. The van der Waals surface area contributed by atoms with Crippen molar-refractivity contribution in [3.05, 3.63) is 47.0 Å². The molecule has 82 valence electrons. The molecule has 0 radical (unpaired) electrons. The van der Waals surface area contributed by atoms with Crippen LogP contribution in [0.5, 0.6) is 0 Å². The number of H-pyrrole nitrogens is 1. The molecular weight excluding hydrogens is 228 g/mol. The van der Waals surface area contributed by atoms with E-state index in [1.165, 1.54) is 12.4 Å². The van der Waals surface area contributed by atoms with Gasteiger partial charge in [0.05, 0.1) is 22.8 Å². The van der Waals surface area contributed by atoms with Crippen LogP contribution in [0, 0.1) is 0 Å². The van der Waals surface area contributed by atoms with Gasteiger partial charge in [0.15, 0.2) is 0 Å². The number of nitrogens with zero attached hydrogens (tertiary/aromatic N) is 2. The number of carbonyl (C=O) groups is 1. The van der Waals surface area contributed by atoms with E-state index < -0.39 is 0 Å². The smallest absolute Gasteiger partial charge is 0.253 e. The van der Waals surface area contributed by atoms with Gasteiger partial charge in [-0.3, -0.25) is 14.9 Å². The number of rotatable bonds is 3. The molecular formula is C10H9ClN4O. The predicted octanol–water partition coefficient (Wildman–Crippen LogP) is 1.39. The van der Waals surface area contributed by atoms with Crippen molar-refractivity contribution in [1.29, 1.82) is 0 Å². The summed E-state index contributed by atoms with van der Waals surface area (Å²) in [5.74, 6) is -0.234. The van der Waals surface area contributed by atoms with E-state index in [-0.39, 0.29) is 5.91 Å². The van der Waals surface area contributed by atoms with Gasteiger partial charge in [0, 0.05) is 18.6 Å². The lowest BCUT2D eigenvalue weighted by atomic mass is 10.2. The zero-order valence-electron chi connectivity index (χ0n) is 8.27. The molecule has 2 heterocycles. The lowest BCUT2D eigenvalue weighted by Crippen LogP contribution is -2.23. The van der Waals surface area contributed by atoms with Gasteiger partial charge in [-0.1, -0.05) is 11.6 Å². The summed E-state index contributed by atoms with van der Waals surface area (Å²) < 4.78 is 0. The molecule has 6 heteroatoms. The largest absolute Gasteiger partial charge is 0.346 e. The summed E-state index contributed by atoms with van der Waals surface area (Å²) in [6.07, 6.45) is 4.59. The second-order valence-electron chi connectivity index (χ2n) is 3.12. The van der Waals surface area contributed by atoms with Gasteiger partial charge in [-0.15, -0.1) is 0 Å². The van der Waals surface area contributed by atoms with Crippen LogP contribution in [0.1, 0.15) is 16.1 Å². The van der Waals surface area contributed by atoms with Crippen LogP contribution in [0.2, 0.25) is 5.02 Å². The van der Waals surface area contributed by atoms with Gasteiger partial charge in [-0.05, 0) is 12.1 Å². The Labute approximate surface area is 96.8 Å². The molecule has 0 atom stereocenters. The van der Waals surface area contributed by atoms with Gasteiger partial charge in [-0.2, -0.15) is 5.10 Å². The summed E-state index contributed by atoms with van der Waals surface area (Å²) in [7, 11) is 0. The lowest BCUT2D eigenvalue weighted by Gasteiger charge is -2.04. The topological polar surface area (TPSA) is 70.7 Å². The minimum atomic E-state index is -0.234. The van der Waals surface area contributed by atoms with E-state index in [1.54, 1.807) is 18.3 Å². The Balaban J connectivity index is 2.01. The molecule has 0 aliphatic carbocycles. The number of amides is 1. The van der Waals surface area contributed by atoms with Gasteiger partial charge in [0.1, 0.15) is 0 Å². The van der Waals surface area contributed by atoms with E-state index in [1.807, 2.05) is 0 Å². The summed E-state index contributed by atoms with van der Waals surface area (Å²) in [5.41, 5.74) is 1.25. The fourth-order valence-electron chi connectivity index (χ4n) is 1.21. The van der Waals surface area contributed by atoms with Crippen molar-refractivity contribution in [1.82, 2.24) is 20.5 Å².